The summed E-state index contributed by atoms with van der Waals surface area (Å²) in [5.41, 5.74) is 1.80. The summed E-state index contributed by atoms with van der Waals surface area (Å²) in [6.45, 7) is 4.11. The summed E-state index contributed by atoms with van der Waals surface area (Å²) >= 11 is 0. The summed E-state index contributed by atoms with van der Waals surface area (Å²) < 4.78 is 0. The standard InChI is InChI=1S/C21H22N6O3/c1-12(2)11-15(19-25-13-5-3-4-6-14(13)26-19)24-16(28)7-10-27-20(29)17-18(21(27)30)23-9-8-22-17/h3-6,8-9,12,15H,7,10-11H2,1-2H3,(H,24,28)(H,25,26). The number of amides is 3. The average molecular weight is 406 g/mol. The van der Waals surface area contributed by atoms with E-state index in [2.05, 4.69) is 39.1 Å². The Labute approximate surface area is 172 Å². The number of hydrogen-bond acceptors (Lipinski definition) is 6. The lowest BCUT2D eigenvalue weighted by molar-refractivity contribution is -0.122. The zero-order valence-electron chi connectivity index (χ0n) is 16.8. The molecule has 1 aromatic carbocycles. The number of aromatic nitrogens is 4. The third-order valence-electron chi connectivity index (χ3n) is 4.94. The maximum Gasteiger partial charge on any atom is 0.281 e. The number of fused-ring (bicyclic) bond motifs is 2. The molecule has 0 saturated heterocycles. The SMILES string of the molecule is CC(C)CC(NC(=O)CCN1C(=O)c2nccnc2C1=O)c1nc2ccccc2[nH]1. The monoisotopic (exact) mass is 406 g/mol. The van der Waals surface area contributed by atoms with Crippen LogP contribution in [0, 0.1) is 5.92 Å². The largest absolute Gasteiger partial charge is 0.346 e. The number of nitrogens with one attached hydrogen (secondary N) is 2. The second-order valence-corrected chi connectivity index (χ2v) is 7.65. The van der Waals surface area contributed by atoms with Crippen molar-refractivity contribution in [3.8, 4) is 0 Å². The fraction of sp³-hybridized carbons (Fsp3) is 0.333. The number of H-pyrrole nitrogens is 1. The molecule has 3 heterocycles. The number of aromatic amines is 1. The molecule has 9 heteroatoms. The molecule has 2 aromatic heterocycles. The summed E-state index contributed by atoms with van der Waals surface area (Å²) in [4.78, 5) is 54.1. The number of carbonyl (C=O) groups is 3. The van der Waals surface area contributed by atoms with Crippen molar-refractivity contribution in [3.63, 3.8) is 0 Å². The first-order chi connectivity index (χ1) is 14.4. The maximum atomic E-state index is 12.6. The molecule has 0 fully saturated rings. The molecule has 0 bridgehead atoms. The molecule has 3 amide bonds. The quantitative estimate of drug-likeness (QED) is 0.581. The zero-order valence-corrected chi connectivity index (χ0v) is 16.8. The third kappa shape index (κ3) is 3.78. The Morgan fingerprint density at radius 1 is 1.10 bits per heavy atom. The maximum absolute atomic E-state index is 12.6. The molecule has 0 saturated carbocycles. The zero-order chi connectivity index (χ0) is 21.3. The van der Waals surface area contributed by atoms with Crippen LogP contribution in [0.4, 0.5) is 0 Å². The van der Waals surface area contributed by atoms with E-state index in [0.29, 0.717) is 18.2 Å². The third-order valence-corrected chi connectivity index (χ3v) is 4.94. The molecule has 1 aliphatic heterocycles. The van der Waals surface area contributed by atoms with Gasteiger partial charge < -0.3 is 10.3 Å². The van der Waals surface area contributed by atoms with Crippen molar-refractivity contribution in [1.82, 2.24) is 30.2 Å². The van der Waals surface area contributed by atoms with E-state index in [4.69, 9.17) is 0 Å². The summed E-state index contributed by atoms with van der Waals surface area (Å²) in [6, 6.07) is 7.38. The van der Waals surface area contributed by atoms with Gasteiger partial charge in [-0.3, -0.25) is 19.3 Å². The Bertz CT molecular complexity index is 1050. The van der Waals surface area contributed by atoms with Crippen LogP contribution < -0.4 is 5.32 Å². The average Bonchev–Trinajstić information content (AvgIpc) is 3.26. The summed E-state index contributed by atoms with van der Waals surface area (Å²) in [6.07, 6.45) is 3.42. The van der Waals surface area contributed by atoms with Crippen LogP contribution in [-0.2, 0) is 4.79 Å². The van der Waals surface area contributed by atoms with E-state index in [1.54, 1.807) is 0 Å². The highest BCUT2D eigenvalue weighted by atomic mass is 16.2. The van der Waals surface area contributed by atoms with E-state index < -0.39 is 11.8 Å². The molecule has 3 aromatic rings. The van der Waals surface area contributed by atoms with Crippen molar-refractivity contribution in [2.45, 2.75) is 32.7 Å². The number of benzene rings is 1. The van der Waals surface area contributed by atoms with Crippen molar-refractivity contribution >= 4 is 28.8 Å². The lowest BCUT2D eigenvalue weighted by atomic mass is 10.0. The summed E-state index contributed by atoms with van der Waals surface area (Å²) in [5, 5.41) is 2.99. The highest BCUT2D eigenvalue weighted by Crippen LogP contribution is 2.23. The van der Waals surface area contributed by atoms with Crippen LogP contribution in [0.2, 0.25) is 0 Å². The normalized spacial score (nSPS) is 14.4. The smallest absolute Gasteiger partial charge is 0.281 e. The van der Waals surface area contributed by atoms with E-state index in [1.807, 2.05) is 24.3 Å². The summed E-state index contributed by atoms with van der Waals surface area (Å²) in [5.74, 6) is -0.290. The van der Waals surface area contributed by atoms with Crippen LogP contribution in [0.3, 0.4) is 0 Å². The first kappa shape index (κ1) is 19.7. The van der Waals surface area contributed by atoms with Gasteiger partial charge in [-0.25, -0.2) is 15.0 Å². The molecule has 0 radical (unpaired) electrons. The number of rotatable bonds is 7. The number of carbonyl (C=O) groups excluding carboxylic acids is 3. The molecule has 1 atom stereocenters. The molecule has 0 spiro atoms. The predicted molar refractivity (Wildman–Crippen MR) is 108 cm³/mol. The predicted octanol–water partition coefficient (Wildman–Crippen LogP) is 2.24. The number of hydrogen-bond donors (Lipinski definition) is 2. The van der Waals surface area contributed by atoms with Gasteiger partial charge in [0, 0.05) is 25.4 Å². The van der Waals surface area contributed by atoms with Gasteiger partial charge in [-0.2, -0.15) is 0 Å². The van der Waals surface area contributed by atoms with E-state index >= 15 is 0 Å². The molecule has 1 unspecified atom stereocenters. The van der Waals surface area contributed by atoms with E-state index in [0.717, 1.165) is 15.9 Å². The Kier molecular flexibility index (Phi) is 5.26. The molecular weight excluding hydrogens is 384 g/mol. The van der Waals surface area contributed by atoms with Gasteiger partial charge in [-0.15, -0.1) is 0 Å². The second-order valence-electron chi connectivity index (χ2n) is 7.65. The Balaban J connectivity index is 1.43. The molecule has 0 aliphatic carbocycles. The first-order valence-corrected chi connectivity index (χ1v) is 9.85. The minimum atomic E-state index is -0.521. The van der Waals surface area contributed by atoms with Crippen molar-refractivity contribution in [2.24, 2.45) is 5.92 Å². The van der Waals surface area contributed by atoms with Gasteiger partial charge in [0.15, 0.2) is 11.4 Å². The van der Waals surface area contributed by atoms with Crippen molar-refractivity contribution in [3.05, 3.63) is 53.9 Å². The number of para-hydroxylation sites is 2. The Morgan fingerprint density at radius 3 is 2.40 bits per heavy atom. The lowest BCUT2D eigenvalue weighted by Gasteiger charge is -2.19. The molecule has 4 rings (SSSR count). The van der Waals surface area contributed by atoms with E-state index in [1.165, 1.54) is 12.4 Å². The van der Waals surface area contributed by atoms with Gasteiger partial charge in [-0.05, 0) is 24.5 Å². The Hall–Kier alpha value is -3.62. The minimum Gasteiger partial charge on any atom is -0.346 e. The fourth-order valence-electron chi connectivity index (χ4n) is 3.53. The number of nitrogens with zero attached hydrogens (tertiary/aromatic N) is 4. The van der Waals surface area contributed by atoms with Gasteiger partial charge in [0.25, 0.3) is 11.8 Å². The highest BCUT2D eigenvalue weighted by Gasteiger charge is 2.38. The fourth-order valence-corrected chi connectivity index (χ4v) is 3.53. The lowest BCUT2D eigenvalue weighted by Crippen LogP contribution is -2.36. The molecule has 30 heavy (non-hydrogen) atoms. The van der Waals surface area contributed by atoms with Crippen molar-refractivity contribution < 1.29 is 14.4 Å². The van der Waals surface area contributed by atoms with Crippen molar-refractivity contribution in [2.75, 3.05) is 6.54 Å². The molecule has 9 nitrogen and oxygen atoms in total. The van der Waals surface area contributed by atoms with Crippen molar-refractivity contribution in [1.29, 1.82) is 0 Å². The molecular formula is C21H22N6O3. The second kappa shape index (κ2) is 8.02. The van der Waals surface area contributed by atoms with Gasteiger partial charge >= 0.3 is 0 Å². The highest BCUT2D eigenvalue weighted by molar-refractivity contribution is 6.19. The van der Waals surface area contributed by atoms with E-state index in [-0.39, 0.29) is 36.3 Å². The number of imide groups is 1. The molecule has 1 aliphatic rings. The Morgan fingerprint density at radius 2 is 1.77 bits per heavy atom. The van der Waals surface area contributed by atoms with Crippen LogP contribution in [0.25, 0.3) is 11.0 Å². The number of imidazole rings is 1. The topological polar surface area (TPSA) is 121 Å². The van der Waals surface area contributed by atoms with Gasteiger partial charge in [0.1, 0.15) is 5.82 Å². The van der Waals surface area contributed by atoms with Gasteiger partial charge in [0.05, 0.1) is 17.1 Å². The molecule has 154 valence electrons. The van der Waals surface area contributed by atoms with Crippen LogP contribution in [0.1, 0.15) is 59.5 Å². The molecule has 2 N–H and O–H groups in total. The van der Waals surface area contributed by atoms with Crippen LogP contribution in [0.5, 0.6) is 0 Å². The van der Waals surface area contributed by atoms with E-state index in [9.17, 15) is 14.4 Å². The summed E-state index contributed by atoms with van der Waals surface area (Å²) in [7, 11) is 0. The first-order valence-electron chi connectivity index (χ1n) is 9.85. The van der Waals surface area contributed by atoms with Crippen LogP contribution in [0.15, 0.2) is 36.7 Å². The minimum absolute atomic E-state index is 0.0136. The van der Waals surface area contributed by atoms with Crippen LogP contribution >= 0.6 is 0 Å². The van der Waals surface area contributed by atoms with Gasteiger partial charge in [0.2, 0.25) is 5.91 Å². The van der Waals surface area contributed by atoms with Crippen LogP contribution in [-0.4, -0.2) is 49.1 Å². The van der Waals surface area contributed by atoms with Gasteiger partial charge in [-0.1, -0.05) is 26.0 Å².